The molecule has 0 bridgehead atoms. The van der Waals surface area contributed by atoms with Gasteiger partial charge in [0, 0.05) is 30.3 Å². The molecule has 1 unspecified atom stereocenters. The summed E-state index contributed by atoms with van der Waals surface area (Å²) in [5.41, 5.74) is 2.83. The van der Waals surface area contributed by atoms with Gasteiger partial charge in [0.05, 0.1) is 4.90 Å². The summed E-state index contributed by atoms with van der Waals surface area (Å²) >= 11 is 0. The van der Waals surface area contributed by atoms with E-state index in [4.69, 9.17) is 0 Å². The van der Waals surface area contributed by atoms with E-state index in [0.717, 1.165) is 17.5 Å². The number of nitrogens with one attached hydrogen (secondary N) is 2. The van der Waals surface area contributed by atoms with Crippen molar-refractivity contribution in [2.24, 2.45) is 0 Å². The molecular weight excluding hydrogens is 462 g/mol. The van der Waals surface area contributed by atoms with Gasteiger partial charge in [-0.25, -0.2) is 13.1 Å². The van der Waals surface area contributed by atoms with E-state index in [1.165, 1.54) is 31.2 Å². The Bertz CT molecular complexity index is 1240. The van der Waals surface area contributed by atoms with E-state index in [1.54, 1.807) is 24.3 Å². The Kier molecular flexibility index (Phi) is 8.92. The van der Waals surface area contributed by atoms with Gasteiger partial charge in [-0.2, -0.15) is 0 Å². The van der Waals surface area contributed by atoms with Crippen LogP contribution >= 0.6 is 0 Å². The SMILES string of the molecule is CC(=O)c1ccc(S(=O)(=O)NCc2ccc(C(=O)NC(Cc3ccccc3)CN(C)C)cc2)cc1. The number of amides is 1. The molecule has 0 aliphatic rings. The Morgan fingerprint density at radius 2 is 1.43 bits per heavy atom. The molecular formula is C27H31N3O4S. The van der Waals surface area contributed by atoms with Crippen LogP contribution in [-0.2, 0) is 23.0 Å². The van der Waals surface area contributed by atoms with Crippen LogP contribution in [0.1, 0.15) is 38.8 Å². The van der Waals surface area contributed by atoms with Crippen LogP contribution in [0.25, 0.3) is 0 Å². The zero-order chi connectivity index (χ0) is 25.4. The number of hydrogen-bond donors (Lipinski definition) is 2. The summed E-state index contributed by atoms with van der Waals surface area (Å²) in [7, 11) is 0.210. The average molecular weight is 494 g/mol. The predicted molar refractivity (Wildman–Crippen MR) is 137 cm³/mol. The van der Waals surface area contributed by atoms with Crippen LogP contribution < -0.4 is 10.0 Å². The minimum absolute atomic E-state index is 0.0548. The number of carbonyl (C=O) groups is 2. The third-order valence-electron chi connectivity index (χ3n) is 5.50. The molecule has 1 amide bonds. The Labute approximate surface area is 207 Å². The van der Waals surface area contributed by atoms with Gasteiger partial charge in [0.1, 0.15) is 0 Å². The van der Waals surface area contributed by atoms with Crippen LogP contribution in [0.15, 0.2) is 83.8 Å². The third-order valence-corrected chi connectivity index (χ3v) is 6.92. The van der Waals surface area contributed by atoms with Crippen LogP contribution in [0.2, 0.25) is 0 Å². The fourth-order valence-corrected chi connectivity index (χ4v) is 4.69. The second-order valence-electron chi connectivity index (χ2n) is 8.72. The number of benzene rings is 3. The molecule has 0 spiro atoms. The summed E-state index contributed by atoms with van der Waals surface area (Å²) in [5, 5.41) is 3.11. The molecule has 0 saturated carbocycles. The molecule has 3 aromatic carbocycles. The van der Waals surface area contributed by atoms with E-state index in [9.17, 15) is 18.0 Å². The van der Waals surface area contributed by atoms with E-state index in [1.807, 2.05) is 49.3 Å². The molecule has 0 heterocycles. The second kappa shape index (κ2) is 11.9. The van der Waals surface area contributed by atoms with Crippen molar-refractivity contribution < 1.29 is 18.0 Å². The number of carbonyl (C=O) groups excluding carboxylic acids is 2. The smallest absolute Gasteiger partial charge is 0.251 e. The molecule has 2 N–H and O–H groups in total. The van der Waals surface area contributed by atoms with E-state index < -0.39 is 10.0 Å². The fourth-order valence-electron chi connectivity index (χ4n) is 3.67. The highest BCUT2D eigenvalue weighted by molar-refractivity contribution is 7.89. The van der Waals surface area contributed by atoms with Crippen molar-refractivity contribution in [3.8, 4) is 0 Å². The lowest BCUT2D eigenvalue weighted by Gasteiger charge is -2.22. The van der Waals surface area contributed by atoms with Gasteiger partial charge in [0.25, 0.3) is 5.91 Å². The number of rotatable bonds is 11. The Morgan fingerprint density at radius 3 is 2.00 bits per heavy atom. The average Bonchev–Trinajstić information content (AvgIpc) is 2.83. The van der Waals surface area contributed by atoms with Crippen molar-refractivity contribution in [2.45, 2.75) is 30.8 Å². The molecule has 3 aromatic rings. The maximum absolute atomic E-state index is 12.9. The third kappa shape index (κ3) is 7.85. The number of likely N-dealkylation sites (N-methyl/N-ethyl adjacent to an activating group) is 1. The van der Waals surface area contributed by atoms with Crippen LogP contribution in [0, 0.1) is 0 Å². The molecule has 8 heteroatoms. The van der Waals surface area contributed by atoms with Gasteiger partial charge < -0.3 is 10.2 Å². The lowest BCUT2D eigenvalue weighted by atomic mass is 10.0. The molecule has 0 aromatic heterocycles. The molecule has 1 atom stereocenters. The molecule has 0 aliphatic carbocycles. The maximum Gasteiger partial charge on any atom is 0.251 e. The summed E-state index contributed by atoms with van der Waals surface area (Å²) in [4.78, 5) is 26.4. The van der Waals surface area contributed by atoms with Gasteiger partial charge in [-0.1, -0.05) is 54.6 Å². The fraction of sp³-hybridized carbons (Fsp3) is 0.259. The Hall–Kier alpha value is -3.33. The van der Waals surface area contributed by atoms with Gasteiger partial charge in [-0.3, -0.25) is 9.59 Å². The minimum atomic E-state index is -3.73. The number of sulfonamides is 1. The largest absolute Gasteiger partial charge is 0.348 e. The summed E-state index contributed by atoms with van der Waals surface area (Å²) in [6, 6.07) is 22.6. The Morgan fingerprint density at radius 1 is 0.829 bits per heavy atom. The normalized spacial score (nSPS) is 12.3. The molecule has 0 radical (unpaired) electrons. The van der Waals surface area contributed by atoms with Crippen LogP contribution in [0.5, 0.6) is 0 Å². The predicted octanol–water partition coefficient (Wildman–Crippen LogP) is 3.27. The molecule has 184 valence electrons. The first-order valence-electron chi connectivity index (χ1n) is 11.3. The van der Waals surface area contributed by atoms with Crippen molar-refractivity contribution in [1.29, 1.82) is 0 Å². The van der Waals surface area contributed by atoms with Crippen LogP contribution in [0.3, 0.4) is 0 Å². The molecule has 3 rings (SSSR count). The monoisotopic (exact) mass is 493 g/mol. The summed E-state index contributed by atoms with van der Waals surface area (Å²) in [6.45, 7) is 2.21. The summed E-state index contributed by atoms with van der Waals surface area (Å²) in [6.07, 6.45) is 0.720. The lowest BCUT2D eigenvalue weighted by molar-refractivity contribution is 0.0929. The number of Topliss-reactive ketones (excluding diaryl/α,β-unsaturated/α-hetero) is 1. The van der Waals surface area contributed by atoms with Gasteiger partial charge in [0.2, 0.25) is 10.0 Å². The minimum Gasteiger partial charge on any atom is -0.348 e. The Balaban J connectivity index is 1.60. The van der Waals surface area contributed by atoms with Gasteiger partial charge in [0.15, 0.2) is 5.78 Å². The van der Waals surface area contributed by atoms with E-state index in [-0.39, 0.29) is 29.2 Å². The summed E-state index contributed by atoms with van der Waals surface area (Å²) < 4.78 is 27.7. The van der Waals surface area contributed by atoms with Crippen LogP contribution in [-0.4, -0.2) is 51.7 Å². The quantitative estimate of drug-likeness (QED) is 0.400. The highest BCUT2D eigenvalue weighted by Crippen LogP contribution is 2.13. The summed E-state index contributed by atoms with van der Waals surface area (Å²) in [5.74, 6) is -0.301. The standard InChI is InChI=1S/C27H31N3O4S/c1-20(31)23-13-15-26(16-14-23)35(33,34)28-18-22-9-11-24(12-10-22)27(32)29-25(19-30(2)3)17-21-7-5-4-6-8-21/h4-16,25,28H,17-19H2,1-3H3,(H,29,32). The van der Waals surface area contributed by atoms with Crippen LogP contribution in [0.4, 0.5) is 0 Å². The molecule has 0 aliphatic heterocycles. The van der Waals surface area contributed by atoms with Gasteiger partial charge in [-0.15, -0.1) is 0 Å². The molecule has 7 nitrogen and oxygen atoms in total. The number of ketones is 1. The highest BCUT2D eigenvalue weighted by atomic mass is 32.2. The van der Waals surface area contributed by atoms with Gasteiger partial charge >= 0.3 is 0 Å². The van der Waals surface area contributed by atoms with Crippen molar-refractivity contribution >= 4 is 21.7 Å². The van der Waals surface area contributed by atoms with E-state index in [2.05, 4.69) is 10.0 Å². The second-order valence-corrected chi connectivity index (χ2v) is 10.5. The van der Waals surface area contributed by atoms with Gasteiger partial charge in [-0.05, 0) is 62.8 Å². The topological polar surface area (TPSA) is 95.6 Å². The first kappa shape index (κ1) is 26.3. The number of nitrogens with zero attached hydrogens (tertiary/aromatic N) is 1. The lowest BCUT2D eigenvalue weighted by Crippen LogP contribution is -2.43. The maximum atomic E-state index is 12.9. The van der Waals surface area contributed by atoms with Crippen molar-refractivity contribution in [3.05, 3.63) is 101 Å². The zero-order valence-electron chi connectivity index (χ0n) is 20.2. The molecule has 0 saturated heterocycles. The van der Waals surface area contributed by atoms with Crippen molar-refractivity contribution in [3.63, 3.8) is 0 Å². The van der Waals surface area contributed by atoms with Crippen molar-refractivity contribution in [2.75, 3.05) is 20.6 Å². The first-order chi connectivity index (χ1) is 16.6. The van der Waals surface area contributed by atoms with Crippen molar-refractivity contribution in [1.82, 2.24) is 14.9 Å². The van der Waals surface area contributed by atoms with E-state index in [0.29, 0.717) is 17.7 Å². The number of hydrogen-bond acceptors (Lipinski definition) is 5. The zero-order valence-corrected chi connectivity index (χ0v) is 21.0. The first-order valence-corrected chi connectivity index (χ1v) is 12.8. The van der Waals surface area contributed by atoms with E-state index >= 15 is 0 Å². The molecule has 0 fully saturated rings. The molecule has 35 heavy (non-hydrogen) atoms. The highest BCUT2D eigenvalue weighted by Gasteiger charge is 2.17.